The fourth-order valence-electron chi connectivity index (χ4n) is 2.91. The highest BCUT2D eigenvalue weighted by Crippen LogP contribution is 2.16. The first-order valence-electron chi connectivity index (χ1n) is 8.58. The third-order valence-corrected chi connectivity index (χ3v) is 4.19. The number of carbonyl (C=O) groups is 1. The highest BCUT2D eigenvalue weighted by Gasteiger charge is 2.10. The summed E-state index contributed by atoms with van der Waals surface area (Å²) in [5.41, 5.74) is 1.80. The number of fused-ring (bicyclic) bond motifs is 1. The number of carbonyl (C=O) groups excluding carboxylic acids is 1. The fraction of sp³-hybridized carbons (Fsp3) is 0.238. The number of nitrogens with zero attached hydrogens (tertiary/aromatic N) is 2. The molecule has 1 aromatic heterocycles. The Morgan fingerprint density at radius 3 is 2.64 bits per heavy atom. The quantitative estimate of drug-likeness (QED) is 0.673. The average Bonchev–Trinajstić information content (AvgIpc) is 2.65. The van der Waals surface area contributed by atoms with Gasteiger partial charge in [-0.3, -0.25) is 9.78 Å². The number of pyridine rings is 1. The summed E-state index contributed by atoms with van der Waals surface area (Å²) in [5.74, 6) is -0.109. The van der Waals surface area contributed by atoms with Crippen LogP contribution in [-0.2, 0) is 6.54 Å². The minimum Gasteiger partial charge on any atom is -0.351 e. The van der Waals surface area contributed by atoms with Crippen LogP contribution in [0.4, 0.5) is 0 Å². The molecule has 0 atom stereocenters. The summed E-state index contributed by atoms with van der Waals surface area (Å²) in [6.45, 7) is 2.49. The van der Waals surface area contributed by atoms with Gasteiger partial charge in [-0.05, 0) is 37.0 Å². The number of nitrogens with one attached hydrogen (secondary N) is 1. The van der Waals surface area contributed by atoms with E-state index >= 15 is 0 Å². The van der Waals surface area contributed by atoms with Gasteiger partial charge in [0.25, 0.3) is 5.91 Å². The van der Waals surface area contributed by atoms with E-state index in [1.807, 2.05) is 36.4 Å². The van der Waals surface area contributed by atoms with Gasteiger partial charge in [0.1, 0.15) is 5.69 Å². The van der Waals surface area contributed by atoms with Gasteiger partial charge in [0, 0.05) is 24.7 Å². The van der Waals surface area contributed by atoms with Gasteiger partial charge in [-0.2, -0.15) is 0 Å². The molecule has 0 aliphatic rings. The molecule has 1 amide bonds. The highest BCUT2D eigenvalue weighted by atomic mass is 16.1. The van der Waals surface area contributed by atoms with Crippen molar-refractivity contribution in [2.24, 2.45) is 0 Å². The van der Waals surface area contributed by atoms with Gasteiger partial charge in [0.2, 0.25) is 0 Å². The Hall–Kier alpha value is -2.72. The van der Waals surface area contributed by atoms with Crippen LogP contribution in [0.25, 0.3) is 10.8 Å². The first kappa shape index (κ1) is 17.1. The Bertz CT molecular complexity index is 827. The largest absolute Gasteiger partial charge is 0.351 e. The normalized spacial score (nSPS) is 11.0. The van der Waals surface area contributed by atoms with Crippen molar-refractivity contribution in [1.29, 1.82) is 0 Å². The Labute approximate surface area is 148 Å². The second-order valence-corrected chi connectivity index (χ2v) is 6.21. The predicted molar refractivity (Wildman–Crippen MR) is 101 cm³/mol. The molecule has 4 heteroatoms. The fourth-order valence-corrected chi connectivity index (χ4v) is 2.91. The molecule has 0 spiro atoms. The second kappa shape index (κ2) is 8.40. The van der Waals surface area contributed by atoms with Crippen LogP contribution < -0.4 is 5.32 Å². The zero-order valence-corrected chi connectivity index (χ0v) is 14.5. The van der Waals surface area contributed by atoms with Gasteiger partial charge in [-0.1, -0.05) is 54.6 Å². The molecule has 0 aliphatic carbocycles. The van der Waals surface area contributed by atoms with Crippen molar-refractivity contribution in [1.82, 2.24) is 15.2 Å². The van der Waals surface area contributed by atoms with E-state index in [0.717, 1.165) is 30.3 Å². The van der Waals surface area contributed by atoms with E-state index in [2.05, 4.69) is 46.5 Å². The monoisotopic (exact) mass is 333 g/mol. The van der Waals surface area contributed by atoms with E-state index in [4.69, 9.17) is 0 Å². The lowest BCUT2D eigenvalue weighted by atomic mass is 10.1. The molecule has 128 valence electrons. The molecule has 0 saturated heterocycles. The van der Waals surface area contributed by atoms with Crippen molar-refractivity contribution in [3.8, 4) is 0 Å². The summed E-state index contributed by atoms with van der Waals surface area (Å²) in [5, 5.41) is 4.91. The Kier molecular flexibility index (Phi) is 5.75. The van der Waals surface area contributed by atoms with Crippen LogP contribution in [0, 0.1) is 0 Å². The van der Waals surface area contributed by atoms with Crippen molar-refractivity contribution < 1.29 is 4.79 Å². The molecular formula is C21H23N3O. The SMILES string of the molecule is CN(CCCNC(=O)c1nccc2ccccc12)Cc1ccccc1. The van der Waals surface area contributed by atoms with Gasteiger partial charge in [0.15, 0.2) is 0 Å². The zero-order valence-electron chi connectivity index (χ0n) is 14.5. The molecule has 3 rings (SSSR count). The van der Waals surface area contributed by atoms with Crippen molar-refractivity contribution in [2.75, 3.05) is 20.1 Å². The number of hydrogen-bond donors (Lipinski definition) is 1. The predicted octanol–water partition coefficient (Wildman–Crippen LogP) is 3.49. The summed E-state index contributed by atoms with van der Waals surface area (Å²) < 4.78 is 0. The van der Waals surface area contributed by atoms with Gasteiger partial charge in [-0.15, -0.1) is 0 Å². The third kappa shape index (κ3) is 4.64. The van der Waals surface area contributed by atoms with E-state index < -0.39 is 0 Å². The van der Waals surface area contributed by atoms with E-state index in [1.54, 1.807) is 6.20 Å². The summed E-state index contributed by atoms with van der Waals surface area (Å²) >= 11 is 0. The zero-order chi connectivity index (χ0) is 17.5. The summed E-state index contributed by atoms with van der Waals surface area (Å²) in [4.78, 5) is 18.9. The maximum absolute atomic E-state index is 12.4. The van der Waals surface area contributed by atoms with Gasteiger partial charge in [-0.25, -0.2) is 0 Å². The van der Waals surface area contributed by atoms with Crippen LogP contribution in [-0.4, -0.2) is 35.9 Å². The summed E-state index contributed by atoms with van der Waals surface area (Å²) in [6.07, 6.45) is 2.59. The maximum atomic E-state index is 12.4. The summed E-state index contributed by atoms with van der Waals surface area (Å²) in [6, 6.07) is 20.1. The molecule has 0 radical (unpaired) electrons. The van der Waals surface area contributed by atoms with Crippen LogP contribution in [0.1, 0.15) is 22.5 Å². The molecule has 2 aromatic carbocycles. The van der Waals surface area contributed by atoms with Crippen molar-refractivity contribution >= 4 is 16.7 Å². The topological polar surface area (TPSA) is 45.2 Å². The molecule has 0 aliphatic heterocycles. The van der Waals surface area contributed by atoms with E-state index in [-0.39, 0.29) is 5.91 Å². The molecule has 3 aromatic rings. The minimum atomic E-state index is -0.109. The molecular weight excluding hydrogens is 310 g/mol. The number of benzene rings is 2. The Morgan fingerprint density at radius 1 is 1.04 bits per heavy atom. The lowest BCUT2D eigenvalue weighted by Gasteiger charge is -2.16. The lowest BCUT2D eigenvalue weighted by molar-refractivity contribution is 0.0949. The average molecular weight is 333 g/mol. The highest BCUT2D eigenvalue weighted by molar-refractivity contribution is 6.05. The molecule has 25 heavy (non-hydrogen) atoms. The lowest BCUT2D eigenvalue weighted by Crippen LogP contribution is -2.28. The van der Waals surface area contributed by atoms with Crippen LogP contribution in [0.15, 0.2) is 66.9 Å². The van der Waals surface area contributed by atoms with Crippen LogP contribution in [0.5, 0.6) is 0 Å². The Morgan fingerprint density at radius 2 is 1.80 bits per heavy atom. The molecule has 0 fully saturated rings. The summed E-state index contributed by atoms with van der Waals surface area (Å²) in [7, 11) is 2.10. The minimum absolute atomic E-state index is 0.109. The van der Waals surface area contributed by atoms with E-state index in [0.29, 0.717) is 12.2 Å². The second-order valence-electron chi connectivity index (χ2n) is 6.21. The first-order chi connectivity index (χ1) is 12.2. The number of rotatable bonds is 7. The Balaban J connectivity index is 1.48. The van der Waals surface area contributed by atoms with Crippen LogP contribution >= 0.6 is 0 Å². The van der Waals surface area contributed by atoms with Crippen molar-refractivity contribution in [3.05, 3.63) is 78.1 Å². The molecule has 0 bridgehead atoms. The van der Waals surface area contributed by atoms with E-state index in [9.17, 15) is 4.79 Å². The smallest absolute Gasteiger partial charge is 0.270 e. The number of aromatic nitrogens is 1. The van der Waals surface area contributed by atoms with Gasteiger partial charge in [0.05, 0.1) is 0 Å². The first-order valence-corrected chi connectivity index (χ1v) is 8.58. The molecule has 0 unspecified atom stereocenters. The van der Waals surface area contributed by atoms with Crippen molar-refractivity contribution in [3.63, 3.8) is 0 Å². The number of amides is 1. The number of hydrogen-bond acceptors (Lipinski definition) is 3. The molecule has 1 heterocycles. The van der Waals surface area contributed by atoms with Crippen LogP contribution in [0.2, 0.25) is 0 Å². The molecule has 1 N–H and O–H groups in total. The third-order valence-electron chi connectivity index (χ3n) is 4.19. The standard InChI is InChI=1S/C21H23N3O/c1-24(16-17-8-3-2-4-9-17)15-7-13-23-21(25)20-19-11-6-5-10-18(19)12-14-22-20/h2-6,8-12,14H,7,13,15-16H2,1H3,(H,23,25). The van der Waals surface area contributed by atoms with Gasteiger partial charge < -0.3 is 10.2 Å². The maximum Gasteiger partial charge on any atom is 0.270 e. The van der Waals surface area contributed by atoms with Gasteiger partial charge >= 0.3 is 0 Å². The van der Waals surface area contributed by atoms with E-state index in [1.165, 1.54) is 5.56 Å². The van der Waals surface area contributed by atoms with Crippen molar-refractivity contribution in [2.45, 2.75) is 13.0 Å². The molecule has 4 nitrogen and oxygen atoms in total. The van der Waals surface area contributed by atoms with Crippen LogP contribution in [0.3, 0.4) is 0 Å². The molecule has 0 saturated carbocycles.